The molecule has 0 aliphatic heterocycles. The maximum Gasteiger partial charge on any atom is 0.389 e. The average Bonchev–Trinajstić information content (AvgIpc) is 2.42. The first-order valence-electron chi connectivity index (χ1n) is 6.27. The Morgan fingerprint density at radius 2 is 1.86 bits per heavy atom. The SMILES string of the molecule is NCCNC(=O)c1ccccc1NC(=O)CCC(F)(F)F. The first-order valence-corrected chi connectivity index (χ1v) is 6.27. The van der Waals surface area contributed by atoms with Crippen LogP contribution in [0.25, 0.3) is 0 Å². The van der Waals surface area contributed by atoms with Crippen molar-refractivity contribution in [3.8, 4) is 0 Å². The second kappa shape index (κ2) is 7.63. The Balaban J connectivity index is 2.70. The standard InChI is InChI=1S/C13H16F3N3O2/c14-13(15,16)6-5-11(20)19-10-4-2-1-3-9(10)12(21)18-8-7-17/h1-4H,5-8,17H2,(H,18,21)(H,19,20). The number of amides is 2. The van der Waals surface area contributed by atoms with E-state index in [9.17, 15) is 22.8 Å². The molecule has 2 amide bonds. The number of rotatable bonds is 6. The predicted octanol–water partition coefficient (Wildman–Crippen LogP) is 1.66. The molecule has 21 heavy (non-hydrogen) atoms. The molecule has 0 saturated heterocycles. The normalized spacial score (nSPS) is 11.0. The third-order valence-electron chi connectivity index (χ3n) is 2.51. The average molecular weight is 303 g/mol. The van der Waals surface area contributed by atoms with Gasteiger partial charge in [-0.05, 0) is 12.1 Å². The molecule has 1 rings (SSSR count). The summed E-state index contributed by atoms with van der Waals surface area (Å²) in [6.45, 7) is 0.515. The van der Waals surface area contributed by atoms with Gasteiger partial charge >= 0.3 is 6.18 Å². The van der Waals surface area contributed by atoms with E-state index in [2.05, 4.69) is 10.6 Å². The monoisotopic (exact) mass is 303 g/mol. The lowest BCUT2D eigenvalue weighted by Gasteiger charge is -2.11. The van der Waals surface area contributed by atoms with Crippen molar-refractivity contribution in [3.05, 3.63) is 29.8 Å². The first kappa shape index (κ1) is 17.0. The molecule has 4 N–H and O–H groups in total. The van der Waals surface area contributed by atoms with Crippen LogP contribution in [0.4, 0.5) is 18.9 Å². The van der Waals surface area contributed by atoms with Crippen molar-refractivity contribution in [1.82, 2.24) is 5.32 Å². The topological polar surface area (TPSA) is 84.2 Å². The van der Waals surface area contributed by atoms with Gasteiger partial charge in [-0.15, -0.1) is 0 Å². The highest BCUT2D eigenvalue weighted by atomic mass is 19.4. The molecule has 116 valence electrons. The van der Waals surface area contributed by atoms with Gasteiger partial charge in [-0.3, -0.25) is 9.59 Å². The summed E-state index contributed by atoms with van der Waals surface area (Å²) in [5.41, 5.74) is 5.60. The molecule has 8 heteroatoms. The lowest BCUT2D eigenvalue weighted by molar-refractivity contribution is -0.142. The van der Waals surface area contributed by atoms with Crippen LogP contribution in [-0.2, 0) is 4.79 Å². The summed E-state index contributed by atoms with van der Waals surface area (Å²) in [4.78, 5) is 23.3. The Bertz CT molecular complexity index is 504. The van der Waals surface area contributed by atoms with Crippen LogP contribution in [0, 0.1) is 0 Å². The number of nitrogens with one attached hydrogen (secondary N) is 2. The van der Waals surface area contributed by atoms with Crippen LogP contribution >= 0.6 is 0 Å². The lowest BCUT2D eigenvalue weighted by atomic mass is 10.1. The van der Waals surface area contributed by atoms with Crippen molar-refractivity contribution >= 4 is 17.5 Å². The second-order valence-electron chi connectivity index (χ2n) is 4.25. The Hall–Kier alpha value is -2.09. The predicted molar refractivity (Wildman–Crippen MR) is 71.7 cm³/mol. The number of carbonyl (C=O) groups is 2. The molecule has 0 aliphatic rings. The molecule has 0 aliphatic carbocycles. The van der Waals surface area contributed by atoms with Crippen LogP contribution in [0.5, 0.6) is 0 Å². The number of para-hydroxylation sites is 1. The zero-order valence-corrected chi connectivity index (χ0v) is 11.2. The molecule has 0 atom stereocenters. The van der Waals surface area contributed by atoms with Gasteiger partial charge in [0.2, 0.25) is 5.91 Å². The zero-order valence-electron chi connectivity index (χ0n) is 11.2. The van der Waals surface area contributed by atoms with E-state index >= 15 is 0 Å². The first-order chi connectivity index (χ1) is 9.83. The summed E-state index contributed by atoms with van der Waals surface area (Å²) in [5.74, 6) is -1.25. The highest BCUT2D eigenvalue weighted by Crippen LogP contribution is 2.22. The highest BCUT2D eigenvalue weighted by molar-refractivity contribution is 6.03. The van der Waals surface area contributed by atoms with Crippen LogP contribution in [0.3, 0.4) is 0 Å². The molecule has 0 radical (unpaired) electrons. The minimum atomic E-state index is -4.39. The molecule has 0 aromatic heterocycles. The van der Waals surface area contributed by atoms with E-state index in [1.54, 1.807) is 12.1 Å². The van der Waals surface area contributed by atoms with Gasteiger partial charge < -0.3 is 16.4 Å². The number of hydrogen-bond acceptors (Lipinski definition) is 3. The summed E-state index contributed by atoms with van der Waals surface area (Å²) < 4.78 is 36.1. The second-order valence-corrected chi connectivity index (χ2v) is 4.25. The minimum absolute atomic E-state index is 0.166. The van der Waals surface area contributed by atoms with Crippen LogP contribution in [-0.4, -0.2) is 31.1 Å². The van der Waals surface area contributed by atoms with E-state index in [4.69, 9.17) is 5.73 Å². The summed E-state index contributed by atoms with van der Waals surface area (Å²) in [6, 6.07) is 6.07. The number of anilines is 1. The van der Waals surface area contributed by atoms with E-state index in [1.165, 1.54) is 12.1 Å². The van der Waals surface area contributed by atoms with Gasteiger partial charge in [-0.2, -0.15) is 13.2 Å². The van der Waals surface area contributed by atoms with E-state index in [1.807, 2.05) is 0 Å². The molecular formula is C13H16F3N3O2. The summed E-state index contributed by atoms with van der Waals surface area (Å²) >= 11 is 0. The molecule has 0 bridgehead atoms. The maximum atomic E-state index is 12.0. The van der Waals surface area contributed by atoms with Crippen molar-refractivity contribution in [2.75, 3.05) is 18.4 Å². The van der Waals surface area contributed by atoms with Gasteiger partial charge in [0.1, 0.15) is 0 Å². The van der Waals surface area contributed by atoms with Gasteiger partial charge in [-0.25, -0.2) is 0 Å². The lowest BCUT2D eigenvalue weighted by Crippen LogP contribution is -2.30. The van der Waals surface area contributed by atoms with Crippen molar-refractivity contribution < 1.29 is 22.8 Å². The smallest absolute Gasteiger partial charge is 0.351 e. The molecule has 1 aromatic carbocycles. The minimum Gasteiger partial charge on any atom is -0.351 e. The van der Waals surface area contributed by atoms with E-state index in [0.717, 1.165) is 0 Å². The maximum absolute atomic E-state index is 12.0. The molecule has 0 heterocycles. The van der Waals surface area contributed by atoms with E-state index < -0.39 is 30.8 Å². The Morgan fingerprint density at radius 1 is 1.19 bits per heavy atom. The quantitative estimate of drug-likeness (QED) is 0.747. The number of nitrogens with two attached hydrogens (primary N) is 1. The summed E-state index contributed by atoms with van der Waals surface area (Å²) in [6.07, 6.45) is -6.29. The Morgan fingerprint density at radius 3 is 2.48 bits per heavy atom. The number of alkyl halides is 3. The Labute approximate surface area is 119 Å². The largest absolute Gasteiger partial charge is 0.389 e. The molecule has 0 saturated carbocycles. The fraction of sp³-hybridized carbons (Fsp3) is 0.385. The molecule has 1 aromatic rings. The van der Waals surface area contributed by atoms with Crippen molar-refractivity contribution in [2.45, 2.75) is 19.0 Å². The fourth-order valence-corrected chi connectivity index (χ4v) is 1.54. The molecule has 0 spiro atoms. The van der Waals surface area contributed by atoms with E-state index in [-0.39, 0.29) is 24.3 Å². The molecule has 0 fully saturated rings. The van der Waals surface area contributed by atoms with E-state index in [0.29, 0.717) is 0 Å². The fourth-order valence-electron chi connectivity index (χ4n) is 1.54. The van der Waals surface area contributed by atoms with Gasteiger partial charge in [-0.1, -0.05) is 12.1 Å². The van der Waals surface area contributed by atoms with Crippen molar-refractivity contribution in [1.29, 1.82) is 0 Å². The van der Waals surface area contributed by atoms with Gasteiger partial charge in [0.05, 0.1) is 17.7 Å². The zero-order chi connectivity index (χ0) is 15.9. The van der Waals surface area contributed by atoms with Crippen LogP contribution < -0.4 is 16.4 Å². The summed E-state index contributed by atoms with van der Waals surface area (Å²) in [7, 11) is 0. The Kier molecular flexibility index (Phi) is 6.16. The van der Waals surface area contributed by atoms with Gasteiger partial charge in [0, 0.05) is 19.5 Å². The number of hydrogen-bond donors (Lipinski definition) is 3. The number of carbonyl (C=O) groups excluding carboxylic acids is 2. The molecule has 5 nitrogen and oxygen atoms in total. The van der Waals surface area contributed by atoms with Crippen molar-refractivity contribution in [3.63, 3.8) is 0 Å². The third kappa shape index (κ3) is 6.26. The van der Waals surface area contributed by atoms with Gasteiger partial charge in [0.15, 0.2) is 0 Å². The summed E-state index contributed by atoms with van der Waals surface area (Å²) in [5, 5.41) is 4.83. The highest BCUT2D eigenvalue weighted by Gasteiger charge is 2.28. The van der Waals surface area contributed by atoms with Crippen LogP contribution in [0.15, 0.2) is 24.3 Å². The van der Waals surface area contributed by atoms with Crippen LogP contribution in [0.2, 0.25) is 0 Å². The molecule has 0 unspecified atom stereocenters. The van der Waals surface area contributed by atoms with Gasteiger partial charge in [0.25, 0.3) is 5.91 Å². The van der Waals surface area contributed by atoms with Crippen molar-refractivity contribution in [2.24, 2.45) is 5.73 Å². The number of halogens is 3. The van der Waals surface area contributed by atoms with Crippen LogP contribution in [0.1, 0.15) is 23.2 Å². The molecular weight excluding hydrogens is 287 g/mol. The number of benzene rings is 1. The third-order valence-corrected chi connectivity index (χ3v) is 2.51.